The van der Waals surface area contributed by atoms with Gasteiger partial charge in [-0.2, -0.15) is 0 Å². The van der Waals surface area contributed by atoms with Crippen molar-refractivity contribution >= 4 is 17.6 Å². The molecule has 4 nitrogen and oxygen atoms in total. The van der Waals surface area contributed by atoms with Crippen LogP contribution in [0.4, 0.5) is 5.69 Å². The fourth-order valence-corrected chi connectivity index (χ4v) is 2.37. The lowest BCUT2D eigenvalue weighted by atomic mass is 9.89. The Bertz CT molecular complexity index is 548. The molecule has 0 aliphatic heterocycles. The fourth-order valence-electron chi connectivity index (χ4n) is 2.37. The Hall–Kier alpha value is -1.84. The van der Waals surface area contributed by atoms with E-state index in [0.29, 0.717) is 0 Å². The Kier molecular flexibility index (Phi) is 6.37. The number of esters is 1. The number of hydrogen-bond donors (Lipinski definition) is 1. The first-order chi connectivity index (χ1) is 10.6. The number of hydrogen-bond acceptors (Lipinski definition) is 3. The van der Waals surface area contributed by atoms with E-state index in [2.05, 4.69) is 33.0 Å². The highest BCUT2D eigenvalue weighted by Crippen LogP contribution is 2.33. The number of para-hydroxylation sites is 1. The maximum Gasteiger partial charge on any atom is 0.321 e. The van der Waals surface area contributed by atoms with Gasteiger partial charge in [0.15, 0.2) is 0 Å². The zero-order valence-electron chi connectivity index (χ0n) is 15.3. The molecule has 4 heteroatoms. The lowest BCUT2D eigenvalue weighted by Gasteiger charge is -2.25. The van der Waals surface area contributed by atoms with Crippen molar-refractivity contribution in [1.29, 1.82) is 0 Å². The quantitative estimate of drug-likeness (QED) is 0.622. The molecule has 0 saturated heterocycles. The van der Waals surface area contributed by atoms with Gasteiger partial charge in [-0.15, -0.1) is 0 Å². The van der Waals surface area contributed by atoms with Crippen LogP contribution in [0.2, 0.25) is 0 Å². The molecule has 0 atom stereocenters. The molecule has 0 radical (unpaired) electrons. The summed E-state index contributed by atoms with van der Waals surface area (Å²) in [7, 11) is 0. The first-order valence-electron chi connectivity index (χ1n) is 8.24. The Morgan fingerprint density at radius 3 is 1.96 bits per heavy atom. The van der Waals surface area contributed by atoms with E-state index in [-0.39, 0.29) is 24.3 Å². The topological polar surface area (TPSA) is 55.4 Å². The summed E-state index contributed by atoms with van der Waals surface area (Å²) in [6.45, 7) is 13.5. The van der Waals surface area contributed by atoms with E-state index >= 15 is 0 Å². The minimum absolute atomic E-state index is 0.259. The first-order valence-corrected chi connectivity index (χ1v) is 8.24. The number of carbonyl (C=O) groups is 2. The van der Waals surface area contributed by atoms with Crippen LogP contribution in [-0.4, -0.2) is 18.5 Å². The molecule has 1 amide bonds. The van der Waals surface area contributed by atoms with Crippen LogP contribution < -0.4 is 5.32 Å². The van der Waals surface area contributed by atoms with Gasteiger partial charge < -0.3 is 10.1 Å². The Morgan fingerprint density at radius 2 is 1.57 bits per heavy atom. The van der Waals surface area contributed by atoms with Crippen molar-refractivity contribution in [3.63, 3.8) is 0 Å². The summed E-state index contributed by atoms with van der Waals surface area (Å²) < 4.78 is 5.02. The van der Waals surface area contributed by atoms with Gasteiger partial charge in [0.2, 0.25) is 5.91 Å². The van der Waals surface area contributed by atoms with Crippen LogP contribution in [0.3, 0.4) is 0 Å². The Morgan fingerprint density at radius 1 is 1.09 bits per heavy atom. The average molecular weight is 319 g/mol. The summed E-state index contributed by atoms with van der Waals surface area (Å²) in [6.07, 6.45) is 0. The SMILES string of the molecule is CCOC(=O)C(C)(C)C(=O)Nc1c(C(C)C)cccc1C(C)C. The van der Waals surface area contributed by atoms with Crippen molar-refractivity contribution < 1.29 is 14.3 Å². The van der Waals surface area contributed by atoms with E-state index in [1.165, 1.54) is 0 Å². The minimum Gasteiger partial charge on any atom is -0.465 e. The first kappa shape index (κ1) is 19.2. The number of carbonyl (C=O) groups excluding carboxylic acids is 2. The molecule has 0 saturated carbocycles. The summed E-state index contributed by atoms with van der Waals surface area (Å²) in [6, 6.07) is 6.05. The second kappa shape index (κ2) is 7.62. The smallest absolute Gasteiger partial charge is 0.321 e. The molecule has 0 aliphatic rings. The molecular weight excluding hydrogens is 290 g/mol. The standard InChI is InChI=1S/C19H29NO3/c1-8-23-18(22)19(6,7)17(21)20-16-14(12(2)3)10-9-11-15(16)13(4)5/h9-13H,8H2,1-7H3,(H,20,21). The van der Waals surface area contributed by atoms with Crippen molar-refractivity contribution in [2.75, 3.05) is 11.9 Å². The van der Waals surface area contributed by atoms with Gasteiger partial charge in [-0.1, -0.05) is 45.9 Å². The van der Waals surface area contributed by atoms with Crippen LogP contribution in [0, 0.1) is 5.41 Å². The van der Waals surface area contributed by atoms with Crippen molar-refractivity contribution in [3.05, 3.63) is 29.3 Å². The van der Waals surface area contributed by atoms with Crippen LogP contribution >= 0.6 is 0 Å². The molecule has 0 heterocycles. The zero-order chi connectivity index (χ0) is 17.8. The molecule has 0 fully saturated rings. The normalized spacial score (nSPS) is 11.7. The van der Waals surface area contributed by atoms with Gasteiger partial charge in [-0.3, -0.25) is 9.59 Å². The lowest BCUT2D eigenvalue weighted by molar-refractivity contribution is -0.157. The third kappa shape index (κ3) is 4.34. The van der Waals surface area contributed by atoms with Gasteiger partial charge in [0.05, 0.1) is 6.61 Å². The van der Waals surface area contributed by atoms with Gasteiger partial charge in [-0.25, -0.2) is 0 Å². The number of nitrogens with one attached hydrogen (secondary N) is 1. The zero-order valence-corrected chi connectivity index (χ0v) is 15.3. The highest BCUT2D eigenvalue weighted by Gasteiger charge is 2.38. The van der Waals surface area contributed by atoms with Crippen molar-refractivity contribution in [2.24, 2.45) is 5.41 Å². The number of rotatable bonds is 6. The van der Waals surface area contributed by atoms with Crippen LogP contribution in [0.5, 0.6) is 0 Å². The maximum atomic E-state index is 12.7. The van der Waals surface area contributed by atoms with Crippen molar-refractivity contribution in [2.45, 2.75) is 60.3 Å². The molecule has 1 aromatic rings. The minimum atomic E-state index is -1.23. The van der Waals surface area contributed by atoms with E-state index < -0.39 is 11.4 Å². The van der Waals surface area contributed by atoms with E-state index in [1.54, 1.807) is 20.8 Å². The maximum absolute atomic E-state index is 12.7. The number of amides is 1. The highest BCUT2D eigenvalue weighted by molar-refractivity contribution is 6.08. The summed E-state index contributed by atoms with van der Waals surface area (Å²) in [5, 5.41) is 2.98. The molecular formula is C19H29NO3. The molecule has 1 N–H and O–H groups in total. The van der Waals surface area contributed by atoms with Gasteiger partial charge in [0.25, 0.3) is 0 Å². The molecule has 0 aliphatic carbocycles. The molecule has 1 rings (SSSR count). The van der Waals surface area contributed by atoms with E-state index in [9.17, 15) is 9.59 Å². The number of ether oxygens (including phenoxy) is 1. The van der Waals surface area contributed by atoms with Crippen LogP contribution in [0.15, 0.2) is 18.2 Å². The van der Waals surface area contributed by atoms with E-state index in [4.69, 9.17) is 4.74 Å². The van der Waals surface area contributed by atoms with Crippen LogP contribution in [0.25, 0.3) is 0 Å². The highest BCUT2D eigenvalue weighted by atomic mass is 16.5. The van der Waals surface area contributed by atoms with Crippen molar-refractivity contribution in [1.82, 2.24) is 0 Å². The third-order valence-electron chi connectivity index (χ3n) is 3.96. The molecule has 128 valence electrons. The third-order valence-corrected chi connectivity index (χ3v) is 3.96. The molecule has 1 aromatic carbocycles. The van der Waals surface area contributed by atoms with E-state index in [0.717, 1.165) is 16.8 Å². The molecule has 0 unspecified atom stereocenters. The van der Waals surface area contributed by atoms with Crippen molar-refractivity contribution in [3.8, 4) is 0 Å². The lowest BCUT2D eigenvalue weighted by Crippen LogP contribution is -2.39. The van der Waals surface area contributed by atoms with Gasteiger partial charge in [0, 0.05) is 5.69 Å². The van der Waals surface area contributed by atoms with Gasteiger partial charge in [-0.05, 0) is 43.7 Å². The second-order valence-corrected chi connectivity index (χ2v) is 6.92. The average Bonchev–Trinajstić information content (AvgIpc) is 2.46. The number of benzene rings is 1. The van der Waals surface area contributed by atoms with Crippen LogP contribution in [-0.2, 0) is 14.3 Å². The molecule has 23 heavy (non-hydrogen) atoms. The molecule has 0 aromatic heterocycles. The fraction of sp³-hybridized carbons (Fsp3) is 0.579. The summed E-state index contributed by atoms with van der Waals surface area (Å²) in [4.78, 5) is 24.7. The second-order valence-electron chi connectivity index (χ2n) is 6.92. The predicted octanol–water partition coefficient (Wildman–Crippen LogP) is 4.46. The van der Waals surface area contributed by atoms with E-state index in [1.807, 2.05) is 18.2 Å². The summed E-state index contributed by atoms with van der Waals surface area (Å²) in [5.41, 5.74) is 1.74. The summed E-state index contributed by atoms with van der Waals surface area (Å²) in [5.74, 6) is -0.305. The predicted molar refractivity (Wildman–Crippen MR) is 93.7 cm³/mol. The Balaban J connectivity index is 3.22. The Labute approximate surface area is 139 Å². The largest absolute Gasteiger partial charge is 0.465 e. The molecule has 0 spiro atoms. The molecule has 0 bridgehead atoms. The van der Waals surface area contributed by atoms with Gasteiger partial charge >= 0.3 is 5.97 Å². The van der Waals surface area contributed by atoms with Crippen LogP contribution in [0.1, 0.15) is 71.4 Å². The number of anilines is 1. The monoisotopic (exact) mass is 319 g/mol. The summed E-state index contributed by atoms with van der Waals surface area (Å²) >= 11 is 0. The van der Waals surface area contributed by atoms with Gasteiger partial charge in [0.1, 0.15) is 5.41 Å².